The smallest absolute Gasteiger partial charge is 0.255 e. The Labute approximate surface area is 395 Å². The van der Waals surface area contributed by atoms with E-state index in [-0.39, 0.29) is 69.5 Å². The lowest BCUT2D eigenvalue weighted by atomic mass is 9.93. The summed E-state index contributed by atoms with van der Waals surface area (Å²) in [5, 5.41) is 22.6. The lowest BCUT2D eigenvalue weighted by molar-refractivity contribution is -0.133. The first kappa shape index (κ1) is 50.3. The molecule has 1 aromatic heterocycles. The number of nitrogens with two attached hydrogens (primary N) is 3. The Bertz CT molecular complexity index is 2470. The summed E-state index contributed by atoms with van der Waals surface area (Å²) in [6.07, 6.45) is 5.81. The number of aryl methyl sites for hydroxylation is 2. The minimum Gasteiger partial charge on any atom is -0.492 e. The number of amides is 5. The molecule has 4 atom stereocenters. The molecule has 1 aliphatic heterocycles. The molecular weight excluding hydrogens is 871 g/mol. The van der Waals surface area contributed by atoms with Gasteiger partial charge < -0.3 is 58.0 Å². The van der Waals surface area contributed by atoms with Crippen molar-refractivity contribution in [2.45, 2.75) is 96.0 Å². The number of aromatic nitrogens is 2. The molecule has 11 N–H and O–H groups in total. The van der Waals surface area contributed by atoms with Gasteiger partial charge in [-0.05, 0) is 119 Å². The molecule has 360 valence electrons. The van der Waals surface area contributed by atoms with Crippen molar-refractivity contribution in [3.8, 4) is 45.8 Å². The maximum absolute atomic E-state index is 14.4. The minimum absolute atomic E-state index is 0.00128. The molecule has 68 heavy (non-hydrogen) atoms. The molecule has 5 amide bonds. The monoisotopic (exact) mass is 931 g/mol. The highest BCUT2D eigenvalue weighted by atomic mass is 16.5. The molecule has 19 nitrogen and oxygen atoms in total. The summed E-state index contributed by atoms with van der Waals surface area (Å²) in [6.45, 7) is 5.14. The van der Waals surface area contributed by atoms with Crippen molar-refractivity contribution in [2.75, 3.05) is 39.4 Å². The van der Waals surface area contributed by atoms with E-state index < -0.39 is 53.7 Å². The van der Waals surface area contributed by atoms with Crippen LogP contribution < -0.4 is 58.0 Å². The molecule has 1 fully saturated rings. The fourth-order valence-corrected chi connectivity index (χ4v) is 8.24. The van der Waals surface area contributed by atoms with E-state index in [1.165, 1.54) is 13.3 Å². The molecule has 0 radical (unpaired) electrons. The van der Waals surface area contributed by atoms with Crippen LogP contribution in [-0.2, 0) is 25.6 Å². The lowest BCUT2D eigenvalue weighted by Crippen LogP contribution is -2.55. The van der Waals surface area contributed by atoms with E-state index in [9.17, 15) is 24.0 Å². The van der Waals surface area contributed by atoms with Crippen LogP contribution >= 0.6 is 0 Å². The summed E-state index contributed by atoms with van der Waals surface area (Å²) in [6, 6.07) is 14.4. The van der Waals surface area contributed by atoms with Crippen LogP contribution in [0.15, 0.2) is 60.7 Å². The third kappa shape index (κ3) is 12.8. The molecule has 3 aromatic carbocycles. The van der Waals surface area contributed by atoms with Gasteiger partial charge in [0.2, 0.25) is 23.6 Å². The number of carbonyl (C=O) groups excluding carboxylic acids is 5. The summed E-state index contributed by atoms with van der Waals surface area (Å²) in [4.78, 5) is 79.2. The van der Waals surface area contributed by atoms with Gasteiger partial charge in [0.05, 0.1) is 29.1 Å². The predicted octanol–water partition coefficient (Wildman–Crippen LogP) is 2.30. The van der Waals surface area contributed by atoms with Gasteiger partial charge in [-0.3, -0.25) is 24.0 Å². The maximum Gasteiger partial charge on any atom is 0.255 e. The number of hydrogen-bond acceptors (Lipinski definition) is 14. The van der Waals surface area contributed by atoms with Gasteiger partial charge in [-0.25, -0.2) is 9.97 Å². The Morgan fingerprint density at radius 3 is 2.12 bits per heavy atom. The van der Waals surface area contributed by atoms with Crippen LogP contribution in [0, 0.1) is 25.2 Å². The van der Waals surface area contributed by atoms with Crippen LogP contribution in [0.5, 0.6) is 17.2 Å². The van der Waals surface area contributed by atoms with Gasteiger partial charge in [-0.1, -0.05) is 18.6 Å². The molecule has 1 saturated carbocycles. The number of nitriles is 1. The molecule has 19 heteroatoms. The van der Waals surface area contributed by atoms with Crippen molar-refractivity contribution in [3.05, 3.63) is 88.7 Å². The molecule has 6 rings (SSSR count). The number of nitrogens with zero attached hydrogens (tertiary/aromatic N) is 3. The number of fused-ring (bicyclic) bond motifs is 5. The number of rotatable bonds is 17. The van der Waals surface area contributed by atoms with Gasteiger partial charge in [0.1, 0.15) is 61.2 Å². The van der Waals surface area contributed by atoms with Crippen molar-refractivity contribution in [1.29, 1.82) is 5.26 Å². The van der Waals surface area contributed by atoms with Crippen LogP contribution in [-0.4, -0.2) is 103 Å². The highest BCUT2D eigenvalue weighted by Gasteiger charge is 2.33. The lowest BCUT2D eigenvalue weighted by Gasteiger charge is -2.27. The van der Waals surface area contributed by atoms with E-state index in [1.807, 2.05) is 30.3 Å². The van der Waals surface area contributed by atoms with Crippen molar-refractivity contribution in [3.63, 3.8) is 0 Å². The van der Waals surface area contributed by atoms with Gasteiger partial charge in [0, 0.05) is 36.2 Å². The summed E-state index contributed by atoms with van der Waals surface area (Å²) >= 11 is 0. The fraction of sp³-hybridized carbons (Fsp3) is 0.429. The number of benzene rings is 3. The summed E-state index contributed by atoms with van der Waals surface area (Å²) in [7, 11) is 0. The third-order valence-corrected chi connectivity index (χ3v) is 11.7. The normalized spacial score (nSPS) is 17.8. The van der Waals surface area contributed by atoms with Gasteiger partial charge in [0.25, 0.3) is 5.91 Å². The van der Waals surface area contributed by atoms with Gasteiger partial charge in [-0.15, -0.1) is 0 Å². The molecule has 2 heterocycles. The van der Waals surface area contributed by atoms with Crippen LogP contribution in [0.1, 0.15) is 84.4 Å². The largest absolute Gasteiger partial charge is 0.492 e. The Hall–Kier alpha value is -7.14. The summed E-state index contributed by atoms with van der Waals surface area (Å²) in [5.41, 5.74) is 21.1. The Morgan fingerprint density at radius 1 is 0.838 bits per heavy atom. The van der Waals surface area contributed by atoms with E-state index >= 15 is 0 Å². The van der Waals surface area contributed by atoms with Crippen molar-refractivity contribution in [1.82, 2.24) is 36.6 Å². The average molecular weight is 932 g/mol. The van der Waals surface area contributed by atoms with E-state index in [1.54, 1.807) is 50.2 Å². The maximum atomic E-state index is 14.4. The van der Waals surface area contributed by atoms with Crippen molar-refractivity contribution < 1.29 is 38.2 Å². The molecule has 1 aliphatic carbocycles. The summed E-state index contributed by atoms with van der Waals surface area (Å²) < 4.78 is 18.3. The van der Waals surface area contributed by atoms with Gasteiger partial charge >= 0.3 is 0 Å². The average Bonchev–Trinajstić information content (AvgIpc) is 3.33. The highest BCUT2D eigenvalue weighted by Crippen LogP contribution is 2.39. The molecule has 2 aliphatic rings. The molecule has 4 aromatic rings. The van der Waals surface area contributed by atoms with E-state index in [4.69, 9.17) is 36.7 Å². The zero-order valence-corrected chi connectivity index (χ0v) is 38.7. The standard InChI is InChI=1S/C49H61N11O8/c1-28-42(29(2)56-44(55-28)32-10-13-35(14-11-32)68-34-7-5-4-6-8-34)48(64)58-38(17-18-50)47(63)60-43-33-12-16-41(67-24-21-53)37(27-33)36-25-31(9-15-40(36)66-23-20-52)26-39(46(62)54-22-19-51)59-45(61)30(3)57-49(43)65/h9-16,25,27,30,34,38-39,43H,4-8,17-18,20-24,26,50,52-53H2,1-3H3,(H,54,62)(H,57,65)(H,58,64)(H,59,61)(H,60,63). The first-order chi connectivity index (χ1) is 32.8. The third-order valence-electron chi connectivity index (χ3n) is 11.7. The van der Waals surface area contributed by atoms with Crippen molar-refractivity contribution >= 4 is 29.5 Å². The van der Waals surface area contributed by atoms with Crippen LogP contribution in [0.25, 0.3) is 22.5 Å². The van der Waals surface area contributed by atoms with Crippen LogP contribution in [0.2, 0.25) is 0 Å². The van der Waals surface area contributed by atoms with E-state index in [0.29, 0.717) is 45.4 Å². The quantitative estimate of drug-likeness (QED) is 0.0706. The Balaban J connectivity index is 1.31. The van der Waals surface area contributed by atoms with Crippen molar-refractivity contribution in [2.24, 2.45) is 17.2 Å². The Kier molecular flexibility index (Phi) is 17.8. The van der Waals surface area contributed by atoms with E-state index in [0.717, 1.165) is 37.0 Å². The van der Waals surface area contributed by atoms with Gasteiger partial charge in [0.15, 0.2) is 5.82 Å². The summed E-state index contributed by atoms with van der Waals surface area (Å²) in [5.74, 6) is -1.56. The minimum atomic E-state index is -1.46. The fourth-order valence-electron chi connectivity index (χ4n) is 8.24. The van der Waals surface area contributed by atoms with Gasteiger partial charge in [-0.2, -0.15) is 5.26 Å². The number of carbonyl (C=O) groups is 5. The number of ether oxygens (including phenoxy) is 3. The molecular formula is C49H61N11O8. The zero-order chi connectivity index (χ0) is 48.7. The highest BCUT2D eigenvalue weighted by molar-refractivity contribution is 6.00. The predicted molar refractivity (Wildman–Crippen MR) is 253 cm³/mol. The number of nitrogens with one attached hydrogen (secondary N) is 5. The molecule has 0 saturated heterocycles. The van der Waals surface area contributed by atoms with Crippen LogP contribution in [0.3, 0.4) is 0 Å². The zero-order valence-electron chi connectivity index (χ0n) is 38.7. The SMILES string of the molecule is Cc1nc(-c2ccc(OC3CCCCC3)cc2)nc(C)c1C(=O)NC(CCN)C(=O)NC1C(=O)NC(C)C(=O)NC(C(=O)NCC#N)Cc2ccc(OCCN)c(c2)-c2cc1ccc2OCCN. The molecule has 0 spiro atoms. The first-order valence-electron chi connectivity index (χ1n) is 23.0. The number of hydrogen-bond donors (Lipinski definition) is 8. The second-order valence-electron chi connectivity index (χ2n) is 16.8. The molecule has 4 bridgehead atoms. The second kappa shape index (κ2) is 24.1. The molecule has 4 unspecified atom stereocenters. The van der Waals surface area contributed by atoms with Crippen LogP contribution in [0.4, 0.5) is 0 Å². The topological polar surface area (TPSA) is 301 Å². The Morgan fingerprint density at radius 2 is 1.49 bits per heavy atom. The second-order valence-corrected chi connectivity index (χ2v) is 16.8. The van der Waals surface area contributed by atoms with E-state index in [2.05, 4.69) is 36.6 Å². The first-order valence-corrected chi connectivity index (χ1v) is 23.0.